The summed E-state index contributed by atoms with van der Waals surface area (Å²) in [4.78, 5) is 15.6. The molecule has 0 aliphatic rings. The molecular weight excluding hydrogens is 389 g/mol. The van der Waals surface area contributed by atoms with Crippen molar-refractivity contribution in [1.82, 2.24) is 4.98 Å². The zero-order chi connectivity index (χ0) is 14.3. The monoisotopic (exact) mass is 395 g/mol. The zero-order valence-corrected chi connectivity index (χ0v) is 13.3. The van der Waals surface area contributed by atoms with E-state index in [1.807, 2.05) is 18.2 Å². The SMILES string of the molecule is O=C(c1ccc(F)c(Br)c1)c1c[nH]c2cccc(Br)c12. The zero-order valence-electron chi connectivity index (χ0n) is 10.1. The van der Waals surface area contributed by atoms with Crippen molar-refractivity contribution in [2.75, 3.05) is 0 Å². The number of benzene rings is 2. The molecule has 1 heterocycles. The minimum absolute atomic E-state index is 0.149. The molecule has 20 heavy (non-hydrogen) atoms. The molecule has 0 atom stereocenters. The first-order valence-corrected chi connectivity index (χ1v) is 7.42. The number of nitrogens with one attached hydrogen (secondary N) is 1. The highest BCUT2D eigenvalue weighted by Gasteiger charge is 2.16. The quantitative estimate of drug-likeness (QED) is 0.603. The lowest BCUT2D eigenvalue weighted by Crippen LogP contribution is -2.01. The topological polar surface area (TPSA) is 32.9 Å². The van der Waals surface area contributed by atoms with Crippen molar-refractivity contribution in [1.29, 1.82) is 0 Å². The van der Waals surface area contributed by atoms with Gasteiger partial charge >= 0.3 is 0 Å². The third kappa shape index (κ3) is 2.21. The maximum Gasteiger partial charge on any atom is 0.195 e. The van der Waals surface area contributed by atoms with E-state index in [1.54, 1.807) is 6.20 Å². The van der Waals surface area contributed by atoms with E-state index < -0.39 is 0 Å². The maximum absolute atomic E-state index is 13.2. The van der Waals surface area contributed by atoms with Crippen LogP contribution in [0.1, 0.15) is 15.9 Å². The Morgan fingerprint density at radius 2 is 1.90 bits per heavy atom. The number of aromatic amines is 1. The van der Waals surface area contributed by atoms with Gasteiger partial charge in [-0.1, -0.05) is 22.0 Å². The third-order valence-electron chi connectivity index (χ3n) is 3.08. The van der Waals surface area contributed by atoms with Crippen LogP contribution in [0.4, 0.5) is 4.39 Å². The molecule has 0 spiro atoms. The molecule has 0 bridgehead atoms. The Bertz CT molecular complexity index is 826. The van der Waals surface area contributed by atoms with E-state index >= 15 is 0 Å². The fourth-order valence-corrected chi connectivity index (χ4v) is 3.07. The molecule has 0 radical (unpaired) electrons. The molecule has 0 unspecified atom stereocenters. The van der Waals surface area contributed by atoms with Gasteiger partial charge in [0.15, 0.2) is 5.78 Å². The molecule has 1 aromatic heterocycles. The second-order valence-corrected chi connectivity index (χ2v) is 6.03. The molecule has 5 heteroatoms. The van der Waals surface area contributed by atoms with Crippen LogP contribution in [0.3, 0.4) is 0 Å². The van der Waals surface area contributed by atoms with Gasteiger partial charge in [0.1, 0.15) is 5.82 Å². The summed E-state index contributed by atoms with van der Waals surface area (Å²) in [6, 6.07) is 9.93. The molecule has 0 saturated heterocycles. The number of fused-ring (bicyclic) bond motifs is 1. The molecule has 100 valence electrons. The molecule has 3 rings (SSSR count). The van der Waals surface area contributed by atoms with Crippen molar-refractivity contribution < 1.29 is 9.18 Å². The fourth-order valence-electron chi connectivity index (χ4n) is 2.11. The van der Waals surface area contributed by atoms with Crippen LogP contribution >= 0.6 is 31.9 Å². The summed E-state index contributed by atoms with van der Waals surface area (Å²) in [5.74, 6) is -0.537. The molecule has 2 aromatic carbocycles. The number of ketones is 1. The van der Waals surface area contributed by atoms with Crippen molar-refractivity contribution >= 4 is 48.5 Å². The summed E-state index contributed by atoms with van der Waals surface area (Å²) < 4.78 is 14.4. The lowest BCUT2D eigenvalue weighted by molar-refractivity contribution is 0.104. The number of halogens is 3. The van der Waals surface area contributed by atoms with Gasteiger partial charge in [0, 0.05) is 32.7 Å². The molecule has 2 nitrogen and oxygen atoms in total. The van der Waals surface area contributed by atoms with Crippen LogP contribution in [-0.4, -0.2) is 10.8 Å². The number of hydrogen-bond donors (Lipinski definition) is 1. The summed E-state index contributed by atoms with van der Waals surface area (Å²) in [5.41, 5.74) is 1.88. The van der Waals surface area contributed by atoms with Gasteiger partial charge in [-0.15, -0.1) is 0 Å². The number of hydrogen-bond acceptors (Lipinski definition) is 1. The number of carbonyl (C=O) groups excluding carboxylic acids is 1. The fraction of sp³-hybridized carbons (Fsp3) is 0. The Kier molecular flexibility index (Phi) is 3.48. The highest BCUT2D eigenvalue weighted by Crippen LogP contribution is 2.29. The van der Waals surface area contributed by atoms with E-state index in [-0.39, 0.29) is 16.1 Å². The number of rotatable bonds is 2. The molecule has 0 aliphatic heterocycles. The highest BCUT2D eigenvalue weighted by atomic mass is 79.9. The standard InChI is InChI=1S/C15H8Br2FNO/c16-10-2-1-3-13-14(10)9(7-19-13)15(20)8-4-5-12(18)11(17)6-8/h1-7,19H. The third-order valence-corrected chi connectivity index (χ3v) is 4.35. The van der Waals surface area contributed by atoms with Crippen LogP contribution in [0.5, 0.6) is 0 Å². The molecule has 0 amide bonds. The van der Waals surface area contributed by atoms with Crippen LogP contribution < -0.4 is 0 Å². The molecule has 0 aliphatic carbocycles. The molecular formula is C15H8Br2FNO. The Morgan fingerprint density at radius 3 is 2.65 bits per heavy atom. The van der Waals surface area contributed by atoms with Crippen molar-refractivity contribution in [2.45, 2.75) is 0 Å². The van der Waals surface area contributed by atoms with E-state index in [9.17, 15) is 9.18 Å². The van der Waals surface area contributed by atoms with Gasteiger partial charge in [0.2, 0.25) is 0 Å². The smallest absolute Gasteiger partial charge is 0.195 e. The molecule has 0 saturated carbocycles. The van der Waals surface area contributed by atoms with Crippen molar-refractivity contribution in [3.63, 3.8) is 0 Å². The second kappa shape index (κ2) is 5.14. The Labute approximate surface area is 131 Å². The average Bonchev–Trinajstić information content (AvgIpc) is 2.86. The van der Waals surface area contributed by atoms with Gasteiger partial charge < -0.3 is 4.98 Å². The summed E-state index contributed by atoms with van der Waals surface area (Å²) in [6.07, 6.45) is 1.68. The van der Waals surface area contributed by atoms with Gasteiger partial charge in [-0.05, 0) is 46.3 Å². The molecule has 1 N–H and O–H groups in total. The molecule has 3 aromatic rings. The van der Waals surface area contributed by atoms with Crippen LogP contribution in [0.15, 0.2) is 51.5 Å². The Balaban J connectivity index is 2.15. The van der Waals surface area contributed by atoms with Crippen LogP contribution in [0.2, 0.25) is 0 Å². The second-order valence-electron chi connectivity index (χ2n) is 4.32. The first kappa shape index (κ1) is 13.5. The Morgan fingerprint density at radius 1 is 1.10 bits per heavy atom. The highest BCUT2D eigenvalue weighted by molar-refractivity contribution is 9.11. The van der Waals surface area contributed by atoms with Crippen molar-refractivity contribution in [3.05, 3.63) is 68.5 Å². The van der Waals surface area contributed by atoms with E-state index in [2.05, 4.69) is 36.8 Å². The van der Waals surface area contributed by atoms with Crippen LogP contribution in [0.25, 0.3) is 10.9 Å². The first-order chi connectivity index (χ1) is 9.58. The summed E-state index contributed by atoms with van der Waals surface area (Å²) >= 11 is 6.55. The van der Waals surface area contributed by atoms with Gasteiger partial charge in [0.25, 0.3) is 0 Å². The van der Waals surface area contributed by atoms with Crippen LogP contribution in [-0.2, 0) is 0 Å². The summed E-state index contributed by atoms with van der Waals surface area (Å²) in [7, 11) is 0. The summed E-state index contributed by atoms with van der Waals surface area (Å²) in [6.45, 7) is 0. The maximum atomic E-state index is 13.2. The number of aromatic nitrogens is 1. The predicted octanol–water partition coefficient (Wildman–Crippen LogP) is 5.06. The summed E-state index contributed by atoms with van der Waals surface area (Å²) in [5, 5.41) is 0.831. The van der Waals surface area contributed by atoms with Gasteiger partial charge in [-0.25, -0.2) is 4.39 Å². The number of H-pyrrole nitrogens is 1. The lowest BCUT2D eigenvalue weighted by Gasteiger charge is -2.02. The lowest BCUT2D eigenvalue weighted by atomic mass is 10.0. The van der Waals surface area contributed by atoms with E-state index in [0.29, 0.717) is 11.1 Å². The van der Waals surface area contributed by atoms with Gasteiger partial charge in [0.05, 0.1) is 4.47 Å². The molecule has 0 fully saturated rings. The average molecular weight is 397 g/mol. The minimum Gasteiger partial charge on any atom is -0.360 e. The predicted molar refractivity (Wildman–Crippen MR) is 83.5 cm³/mol. The van der Waals surface area contributed by atoms with Crippen molar-refractivity contribution in [2.24, 2.45) is 0 Å². The van der Waals surface area contributed by atoms with E-state index in [0.717, 1.165) is 15.4 Å². The van der Waals surface area contributed by atoms with E-state index in [1.165, 1.54) is 18.2 Å². The largest absolute Gasteiger partial charge is 0.360 e. The minimum atomic E-state index is -0.387. The first-order valence-electron chi connectivity index (χ1n) is 5.83. The van der Waals surface area contributed by atoms with Crippen LogP contribution in [0, 0.1) is 5.82 Å². The van der Waals surface area contributed by atoms with E-state index in [4.69, 9.17) is 0 Å². The van der Waals surface area contributed by atoms with Crippen molar-refractivity contribution in [3.8, 4) is 0 Å². The van der Waals surface area contributed by atoms with Gasteiger partial charge in [-0.2, -0.15) is 0 Å². The number of carbonyl (C=O) groups is 1. The van der Waals surface area contributed by atoms with Gasteiger partial charge in [-0.3, -0.25) is 4.79 Å². The Hall–Kier alpha value is -1.46. The normalized spacial score (nSPS) is 10.9.